The summed E-state index contributed by atoms with van der Waals surface area (Å²) in [6.07, 6.45) is 4.61. The highest BCUT2D eigenvalue weighted by atomic mass is 32.1. The van der Waals surface area contributed by atoms with E-state index in [4.69, 9.17) is 14.2 Å². The molecular weight excluding hydrogens is 454 g/mol. The molecule has 178 valence electrons. The first-order valence-corrected chi connectivity index (χ1v) is 11.9. The Morgan fingerprint density at radius 2 is 1.65 bits per heavy atom. The zero-order valence-electron chi connectivity index (χ0n) is 18.7. The van der Waals surface area contributed by atoms with Crippen molar-refractivity contribution in [1.29, 1.82) is 0 Å². The number of hydrogen-bond donors (Lipinski definition) is 2. The van der Waals surface area contributed by atoms with Gasteiger partial charge in [-0.1, -0.05) is 30.3 Å². The molecule has 7 nitrogen and oxygen atoms in total. The molecule has 2 N–H and O–H groups in total. The number of thiophene rings is 1. The second-order valence-corrected chi connectivity index (χ2v) is 8.65. The summed E-state index contributed by atoms with van der Waals surface area (Å²) in [4.78, 5) is 14.7. The number of aliphatic hydroxyl groups is 2. The highest BCUT2D eigenvalue weighted by molar-refractivity contribution is 7.15. The number of rotatable bonds is 11. The van der Waals surface area contributed by atoms with Crippen molar-refractivity contribution in [3.05, 3.63) is 69.4 Å². The van der Waals surface area contributed by atoms with Crippen LogP contribution in [0.2, 0.25) is 0 Å². The van der Waals surface area contributed by atoms with Crippen molar-refractivity contribution in [1.82, 2.24) is 0 Å². The summed E-state index contributed by atoms with van der Waals surface area (Å²) in [6, 6.07) is 15.7. The summed E-state index contributed by atoms with van der Waals surface area (Å²) in [5.74, 6) is 1.76. The van der Waals surface area contributed by atoms with Crippen molar-refractivity contribution in [2.45, 2.75) is 6.61 Å². The molecule has 0 saturated heterocycles. The number of carbonyl (C=O) groups is 1. The minimum Gasteiger partial charge on any atom is -0.488 e. The van der Waals surface area contributed by atoms with Crippen LogP contribution >= 0.6 is 11.3 Å². The summed E-state index contributed by atoms with van der Waals surface area (Å²) in [7, 11) is 0. The third-order valence-corrected chi connectivity index (χ3v) is 6.35. The van der Waals surface area contributed by atoms with Gasteiger partial charge in [0.05, 0.1) is 18.1 Å². The van der Waals surface area contributed by atoms with Crippen LogP contribution in [-0.4, -0.2) is 56.0 Å². The van der Waals surface area contributed by atoms with Crippen molar-refractivity contribution in [2.24, 2.45) is 0 Å². The summed E-state index contributed by atoms with van der Waals surface area (Å²) >= 11 is 1.32. The smallest absolute Gasteiger partial charge is 0.183 e. The number of benzene rings is 2. The van der Waals surface area contributed by atoms with E-state index in [2.05, 4.69) is 0 Å². The number of nitrogens with zero attached hydrogens (tertiary/aromatic N) is 1. The van der Waals surface area contributed by atoms with E-state index in [1.807, 2.05) is 65.6 Å². The van der Waals surface area contributed by atoms with E-state index in [-0.39, 0.29) is 13.2 Å². The largest absolute Gasteiger partial charge is 0.488 e. The number of aliphatic hydroxyl groups excluding tert-OH is 2. The topological polar surface area (TPSA) is 88.5 Å². The molecule has 34 heavy (non-hydrogen) atoms. The Kier molecular flexibility index (Phi) is 8.19. The lowest BCUT2D eigenvalue weighted by Gasteiger charge is -2.24. The first kappa shape index (κ1) is 23.8. The summed E-state index contributed by atoms with van der Waals surface area (Å²) in [6.45, 7) is 2.02. The van der Waals surface area contributed by atoms with Crippen LogP contribution in [0.25, 0.3) is 12.2 Å². The van der Waals surface area contributed by atoms with Crippen molar-refractivity contribution in [3.8, 4) is 17.2 Å². The number of anilines is 1. The maximum atomic E-state index is 11.4. The highest BCUT2D eigenvalue weighted by Crippen LogP contribution is 2.44. The van der Waals surface area contributed by atoms with Gasteiger partial charge < -0.3 is 29.3 Å². The Hall–Kier alpha value is -3.33. The highest BCUT2D eigenvalue weighted by Gasteiger charge is 2.23. The van der Waals surface area contributed by atoms with Crippen LogP contribution < -0.4 is 19.1 Å². The lowest BCUT2D eigenvalue weighted by molar-refractivity contribution is 0.111. The van der Waals surface area contributed by atoms with Gasteiger partial charge in [0.25, 0.3) is 0 Å². The molecular formula is C26H27NO6S. The number of aldehydes is 1. The maximum absolute atomic E-state index is 11.4. The monoisotopic (exact) mass is 481 g/mol. The molecule has 4 rings (SSSR count). The molecule has 2 heterocycles. The second-order valence-electron chi connectivity index (χ2n) is 7.57. The van der Waals surface area contributed by atoms with E-state index in [0.29, 0.717) is 55.0 Å². The second kappa shape index (κ2) is 11.7. The molecule has 0 aliphatic carbocycles. The fraction of sp³-hybridized carbons (Fsp3) is 0.269. The molecule has 8 heteroatoms. The van der Waals surface area contributed by atoms with Gasteiger partial charge in [0.1, 0.15) is 30.4 Å². The fourth-order valence-electron chi connectivity index (χ4n) is 3.68. The molecule has 0 fully saturated rings. The van der Waals surface area contributed by atoms with E-state index in [9.17, 15) is 15.0 Å². The summed E-state index contributed by atoms with van der Waals surface area (Å²) in [5, 5.41) is 18.8. The van der Waals surface area contributed by atoms with Crippen LogP contribution in [0.15, 0.2) is 48.5 Å². The normalized spacial score (nSPS) is 12.6. The first-order chi connectivity index (χ1) is 16.7. The molecule has 0 radical (unpaired) electrons. The van der Waals surface area contributed by atoms with Crippen molar-refractivity contribution >= 4 is 35.5 Å². The van der Waals surface area contributed by atoms with Crippen molar-refractivity contribution in [2.75, 3.05) is 44.4 Å². The Morgan fingerprint density at radius 1 is 0.941 bits per heavy atom. The van der Waals surface area contributed by atoms with Gasteiger partial charge in [-0.2, -0.15) is 0 Å². The van der Waals surface area contributed by atoms with Gasteiger partial charge in [-0.25, -0.2) is 0 Å². The van der Waals surface area contributed by atoms with Crippen molar-refractivity contribution in [3.63, 3.8) is 0 Å². The van der Waals surface area contributed by atoms with Crippen molar-refractivity contribution < 1.29 is 29.2 Å². The lowest BCUT2D eigenvalue weighted by Crippen LogP contribution is -2.29. The third-order valence-electron chi connectivity index (χ3n) is 5.31. The molecule has 0 atom stereocenters. The van der Waals surface area contributed by atoms with Crippen LogP contribution in [0.3, 0.4) is 0 Å². The molecule has 3 aromatic rings. The summed E-state index contributed by atoms with van der Waals surface area (Å²) in [5.41, 5.74) is 2.73. The van der Waals surface area contributed by atoms with Gasteiger partial charge in [0.2, 0.25) is 0 Å². The van der Waals surface area contributed by atoms with Crippen LogP contribution in [-0.2, 0) is 6.61 Å². The molecule has 1 aliphatic heterocycles. The third kappa shape index (κ3) is 5.59. The number of ether oxygens (including phenoxy) is 3. The molecule has 0 unspecified atom stereocenters. The van der Waals surface area contributed by atoms with Crippen LogP contribution in [0.1, 0.15) is 25.7 Å². The average molecular weight is 482 g/mol. The van der Waals surface area contributed by atoms with E-state index < -0.39 is 0 Å². The fourth-order valence-corrected chi connectivity index (χ4v) is 4.59. The predicted molar refractivity (Wildman–Crippen MR) is 133 cm³/mol. The lowest BCUT2D eigenvalue weighted by atomic mass is 10.1. The van der Waals surface area contributed by atoms with Gasteiger partial charge in [0, 0.05) is 30.4 Å². The Balaban J connectivity index is 1.65. The average Bonchev–Trinajstić information content (AvgIpc) is 3.25. The standard InChI is InChI=1S/C26H27NO6S/c28-12-10-27(11-13-29)21-8-6-20(22(16-21)33-18-19-4-2-1-3-5-19)7-9-23-25-26(24(17-30)34-23)32-15-14-31-25/h1-9,16-17,28-29H,10-15,18H2/b9-7+. The quantitative estimate of drug-likeness (QED) is 0.402. The van der Waals surface area contributed by atoms with Crippen LogP contribution in [0.4, 0.5) is 5.69 Å². The van der Waals surface area contributed by atoms with Crippen LogP contribution in [0, 0.1) is 0 Å². The number of hydrogen-bond acceptors (Lipinski definition) is 8. The summed E-state index contributed by atoms with van der Waals surface area (Å²) < 4.78 is 17.6. The Labute approximate surface area is 202 Å². The Morgan fingerprint density at radius 3 is 2.32 bits per heavy atom. The molecule has 2 aromatic carbocycles. The molecule has 1 aliphatic rings. The molecule has 0 saturated carbocycles. The SMILES string of the molecule is O=Cc1sc(/C=C/c2ccc(N(CCO)CCO)cc2OCc2ccccc2)c2c1OCCO2. The van der Waals surface area contributed by atoms with Gasteiger partial charge in [-0.15, -0.1) is 11.3 Å². The van der Waals surface area contributed by atoms with Gasteiger partial charge in [0.15, 0.2) is 17.8 Å². The zero-order valence-corrected chi connectivity index (χ0v) is 19.5. The van der Waals surface area contributed by atoms with E-state index in [1.54, 1.807) is 0 Å². The van der Waals surface area contributed by atoms with Crippen LogP contribution in [0.5, 0.6) is 17.2 Å². The Bertz CT molecular complexity index is 1120. The number of fused-ring (bicyclic) bond motifs is 1. The van der Waals surface area contributed by atoms with E-state index >= 15 is 0 Å². The number of carbonyl (C=O) groups excluding carboxylic acids is 1. The van der Waals surface area contributed by atoms with Gasteiger partial charge in [-0.05, 0) is 29.8 Å². The van der Waals surface area contributed by atoms with E-state index in [0.717, 1.165) is 28.0 Å². The minimum atomic E-state index is -0.0213. The minimum absolute atomic E-state index is 0.0213. The molecule has 1 aromatic heterocycles. The molecule has 0 spiro atoms. The van der Waals surface area contributed by atoms with E-state index in [1.165, 1.54) is 11.3 Å². The molecule has 0 bridgehead atoms. The van der Waals surface area contributed by atoms with Gasteiger partial charge in [-0.3, -0.25) is 4.79 Å². The molecule has 0 amide bonds. The maximum Gasteiger partial charge on any atom is 0.183 e. The predicted octanol–water partition coefficient (Wildman–Crippen LogP) is 3.87. The zero-order chi connectivity index (χ0) is 23.8. The van der Waals surface area contributed by atoms with Gasteiger partial charge >= 0.3 is 0 Å². The first-order valence-electron chi connectivity index (χ1n) is 11.1.